The summed E-state index contributed by atoms with van der Waals surface area (Å²) in [7, 11) is 0. The van der Waals surface area contributed by atoms with Gasteiger partial charge in [0.25, 0.3) is 0 Å². The number of rotatable bonds is 5. The molecule has 2 aliphatic rings. The summed E-state index contributed by atoms with van der Waals surface area (Å²) in [6.07, 6.45) is 4.85. The van der Waals surface area contributed by atoms with Gasteiger partial charge in [-0.2, -0.15) is 0 Å². The van der Waals surface area contributed by atoms with Crippen molar-refractivity contribution >= 4 is 0 Å². The maximum absolute atomic E-state index is 9.46. The summed E-state index contributed by atoms with van der Waals surface area (Å²) in [5, 5.41) is 9.46. The van der Waals surface area contributed by atoms with Gasteiger partial charge in [0.2, 0.25) is 5.89 Å². The molecule has 2 fully saturated rings. The van der Waals surface area contributed by atoms with Crippen LogP contribution in [0.4, 0.5) is 0 Å². The van der Waals surface area contributed by atoms with Gasteiger partial charge in [-0.1, -0.05) is 0 Å². The van der Waals surface area contributed by atoms with Crippen LogP contribution in [-0.4, -0.2) is 58.2 Å². The van der Waals surface area contributed by atoms with Crippen molar-refractivity contribution < 1.29 is 9.52 Å². The molecule has 2 aliphatic heterocycles. The van der Waals surface area contributed by atoms with Gasteiger partial charge in [-0.05, 0) is 52.6 Å². The Kier molecular flexibility index (Phi) is 4.62. The van der Waals surface area contributed by atoms with Gasteiger partial charge in [0, 0.05) is 18.6 Å². The Morgan fingerprint density at radius 3 is 2.52 bits per heavy atom. The predicted molar refractivity (Wildman–Crippen MR) is 81.1 cm³/mol. The highest BCUT2D eigenvalue weighted by Crippen LogP contribution is 2.25. The zero-order valence-corrected chi connectivity index (χ0v) is 13.2. The molecular weight excluding hydrogens is 266 g/mol. The number of aromatic nitrogens is 1. The number of hydrogen-bond acceptors (Lipinski definition) is 5. The van der Waals surface area contributed by atoms with E-state index in [1.165, 1.54) is 19.3 Å². The van der Waals surface area contributed by atoms with E-state index in [1.54, 1.807) is 0 Å². The van der Waals surface area contributed by atoms with Crippen molar-refractivity contribution in [3.05, 3.63) is 17.3 Å². The Bertz CT molecular complexity index is 455. The van der Waals surface area contributed by atoms with E-state index in [0.717, 1.165) is 49.9 Å². The highest BCUT2D eigenvalue weighted by Gasteiger charge is 2.31. The lowest BCUT2D eigenvalue weighted by atomic mass is 10.2. The fourth-order valence-corrected chi connectivity index (χ4v) is 3.70. The highest BCUT2D eigenvalue weighted by atomic mass is 16.4. The van der Waals surface area contributed by atoms with Crippen LogP contribution in [0, 0.1) is 13.8 Å². The van der Waals surface area contributed by atoms with Crippen LogP contribution >= 0.6 is 0 Å². The first kappa shape index (κ1) is 15.0. The molecule has 2 atom stereocenters. The van der Waals surface area contributed by atoms with E-state index in [4.69, 9.17) is 4.42 Å². The first-order valence-corrected chi connectivity index (χ1v) is 8.19. The molecule has 0 radical (unpaired) electrons. The molecule has 3 heterocycles. The Morgan fingerprint density at radius 2 is 1.86 bits per heavy atom. The lowest BCUT2D eigenvalue weighted by molar-refractivity contribution is 0.116. The third-order valence-corrected chi connectivity index (χ3v) is 5.07. The Hall–Kier alpha value is -0.910. The molecule has 0 amide bonds. The van der Waals surface area contributed by atoms with Gasteiger partial charge >= 0.3 is 0 Å². The fraction of sp³-hybridized carbons (Fsp3) is 0.812. The second-order valence-electron chi connectivity index (χ2n) is 6.49. The molecule has 3 rings (SSSR count). The molecule has 5 heteroatoms. The highest BCUT2D eigenvalue weighted by molar-refractivity contribution is 5.05. The molecule has 21 heavy (non-hydrogen) atoms. The Balaban J connectivity index is 1.60. The number of likely N-dealkylation sites (tertiary alicyclic amines) is 2. The average Bonchev–Trinajstić information content (AvgIpc) is 3.15. The van der Waals surface area contributed by atoms with E-state index >= 15 is 0 Å². The Morgan fingerprint density at radius 1 is 1.14 bits per heavy atom. The molecule has 1 aromatic rings. The molecule has 0 aliphatic carbocycles. The number of aliphatic hydroxyl groups is 1. The average molecular weight is 293 g/mol. The lowest BCUT2D eigenvalue weighted by Gasteiger charge is -2.30. The van der Waals surface area contributed by atoms with Gasteiger partial charge < -0.3 is 9.52 Å². The van der Waals surface area contributed by atoms with Crippen LogP contribution < -0.4 is 0 Å². The van der Waals surface area contributed by atoms with Crippen LogP contribution in [0.3, 0.4) is 0 Å². The second-order valence-corrected chi connectivity index (χ2v) is 6.49. The zero-order valence-electron chi connectivity index (χ0n) is 13.2. The molecule has 0 saturated carbocycles. The van der Waals surface area contributed by atoms with Gasteiger partial charge in [0.15, 0.2) is 0 Å². The van der Waals surface area contributed by atoms with Crippen molar-refractivity contribution in [1.82, 2.24) is 14.8 Å². The van der Waals surface area contributed by atoms with E-state index in [-0.39, 0.29) is 0 Å². The number of oxazole rings is 1. The molecule has 1 N–H and O–H groups in total. The molecule has 2 saturated heterocycles. The molecule has 0 aromatic carbocycles. The van der Waals surface area contributed by atoms with E-state index < -0.39 is 0 Å². The zero-order chi connectivity index (χ0) is 14.8. The number of aliphatic hydroxyl groups excluding tert-OH is 1. The Labute approximate surface area is 126 Å². The number of nitrogens with zero attached hydrogens (tertiary/aromatic N) is 3. The summed E-state index contributed by atoms with van der Waals surface area (Å²) < 4.78 is 5.73. The van der Waals surface area contributed by atoms with E-state index in [2.05, 4.69) is 14.8 Å². The smallest absolute Gasteiger partial charge is 0.208 e. The van der Waals surface area contributed by atoms with Crippen molar-refractivity contribution in [1.29, 1.82) is 0 Å². The van der Waals surface area contributed by atoms with Gasteiger partial charge in [0.05, 0.1) is 18.8 Å². The van der Waals surface area contributed by atoms with Crippen LogP contribution in [0.1, 0.15) is 43.0 Å². The van der Waals surface area contributed by atoms with Crippen LogP contribution in [0.15, 0.2) is 4.42 Å². The predicted octanol–water partition coefficient (Wildman–Crippen LogP) is 1.71. The molecule has 5 nitrogen and oxygen atoms in total. The minimum Gasteiger partial charge on any atom is -0.444 e. The summed E-state index contributed by atoms with van der Waals surface area (Å²) in [6, 6.07) is 0.948. The standard InChI is InChI=1S/C16H27N3O2/c1-12-13(2)21-16(17-12)10-19-8-3-5-14(19)9-18-7-4-6-15(18)11-20/h14-15,20H,3-11H2,1-2H3. The van der Waals surface area contributed by atoms with E-state index in [0.29, 0.717) is 18.7 Å². The minimum absolute atomic E-state index is 0.296. The summed E-state index contributed by atoms with van der Waals surface area (Å²) in [6.45, 7) is 8.42. The monoisotopic (exact) mass is 293 g/mol. The van der Waals surface area contributed by atoms with Gasteiger partial charge in [-0.15, -0.1) is 0 Å². The molecule has 0 spiro atoms. The van der Waals surface area contributed by atoms with E-state index in [1.807, 2.05) is 13.8 Å². The summed E-state index contributed by atoms with van der Waals surface area (Å²) >= 11 is 0. The summed E-state index contributed by atoms with van der Waals surface area (Å²) in [4.78, 5) is 9.47. The first-order chi connectivity index (χ1) is 10.2. The normalized spacial score (nSPS) is 27.8. The van der Waals surface area contributed by atoms with Gasteiger partial charge in [-0.3, -0.25) is 9.80 Å². The maximum atomic E-state index is 9.46. The van der Waals surface area contributed by atoms with Crippen molar-refractivity contribution in [3.8, 4) is 0 Å². The number of hydrogen-bond donors (Lipinski definition) is 1. The summed E-state index contributed by atoms with van der Waals surface area (Å²) in [5.41, 5.74) is 1.00. The van der Waals surface area contributed by atoms with Crippen molar-refractivity contribution in [2.45, 2.75) is 58.2 Å². The van der Waals surface area contributed by atoms with Crippen LogP contribution in [0.5, 0.6) is 0 Å². The fourth-order valence-electron chi connectivity index (χ4n) is 3.70. The van der Waals surface area contributed by atoms with Crippen LogP contribution in [0.25, 0.3) is 0 Å². The summed E-state index contributed by atoms with van der Waals surface area (Å²) in [5.74, 6) is 1.78. The number of aryl methyl sites for hydroxylation is 2. The maximum Gasteiger partial charge on any atom is 0.208 e. The molecular formula is C16H27N3O2. The van der Waals surface area contributed by atoms with Crippen LogP contribution in [0.2, 0.25) is 0 Å². The van der Waals surface area contributed by atoms with Gasteiger partial charge in [-0.25, -0.2) is 4.98 Å². The molecule has 0 bridgehead atoms. The van der Waals surface area contributed by atoms with E-state index in [9.17, 15) is 5.11 Å². The topological polar surface area (TPSA) is 52.7 Å². The molecule has 2 unspecified atom stereocenters. The van der Waals surface area contributed by atoms with Crippen LogP contribution in [-0.2, 0) is 6.54 Å². The SMILES string of the molecule is Cc1nc(CN2CCCC2CN2CCCC2CO)oc1C. The molecule has 118 valence electrons. The minimum atomic E-state index is 0.296. The lowest BCUT2D eigenvalue weighted by Crippen LogP contribution is -2.43. The van der Waals surface area contributed by atoms with Gasteiger partial charge in [0.1, 0.15) is 5.76 Å². The quantitative estimate of drug-likeness (QED) is 0.896. The first-order valence-electron chi connectivity index (χ1n) is 8.19. The largest absolute Gasteiger partial charge is 0.444 e. The second kappa shape index (κ2) is 6.46. The van der Waals surface area contributed by atoms with Crippen molar-refractivity contribution in [2.24, 2.45) is 0 Å². The third-order valence-electron chi connectivity index (χ3n) is 5.07. The molecule has 1 aromatic heterocycles. The third kappa shape index (κ3) is 3.30. The van der Waals surface area contributed by atoms with Crippen molar-refractivity contribution in [3.63, 3.8) is 0 Å². The van der Waals surface area contributed by atoms with Crippen molar-refractivity contribution in [2.75, 3.05) is 26.2 Å².